The molecule has 0 aromatic carbocycles. The molecular weight excluding hydrogens is 264 g/mol. The molecule has 4 atom stereocenters. The minimum Gasteiger partial charge on any atom is -0.462 e. The fourth-order valence-electron chi connectivity index (χ4n) is 4.31. The van der Waals surface area contributed by atoms with Crippen LogP contribution in [0.15, 0.2) is 22.1 Å². The minimum absolute atomic E-state index is 0.0130. The highest BCUT2D eigenvalue weighted by atomic mass is 16.3. The van der Waals surface area contributed by atoms with Crippen molar-refractivity contribution < 1.29 is 14.3 Å². The molecule has 2 aliphatic rings. The van der Waals surface area contributed by atoms with Crippen molar-refractivity contribution in [3.8, 4) is 0 Å². The van der Waals surface area contributed by atoms with E-state index in [4.69, 9.17) is 4.42 Å². The average Bonchev–Trinajstić information content (AvgIpc) is 2.84. The molecule has 114 valence electrons. The quantitative estimate of drug-likeness (QED) is 0.801. The van der Waals surface area contributed by atoms with Gasteiger partial charge in [-0.05, 0) is 55.9 Å². The molecule has 1 aromatic rings. The summed E-state index contributed by atoms with van der Waals surface area (Å²) < 4.78 is 5.57. The Balaban J connectivity index is 1.96. The monoisotopic (exact) mass is 288 g/mol. The van der Waals surface area contributed by atoms with E-state index >= 15 is 0 Å². The zero-order valence-electron chi connectivity index (χ0n) is 13.1. The third-order valence-electron chi connectivity index (χ3n) is 5.58. The van der Waals surface area contributed by atoms with Crippen molar-refractivity contribution in [1.29, 1.82) is 0 Å². The topological polar surface area (TPSA) is 50.4 Å². The van der Waals surface area contributed by atoms with Gasteiger partial charge in [0.2, 0.25) is 0 Å². The van der Waals surface area contributed by atoms with E-state index in [0.717, 1.165) is 36.4 Å². The summed E-state index contributed by atoms with van der Waals surface area (Å²) in [6.45, 7) is 6.06. The summed E-state index contributed by atoms with van der Waals surface area (Å²) >= 11 is 0. The zero-order chi connectivity index (χ0) is 15.2. The van der Waals surface area contributed by atoms with Crippen LogP contribution in [0.5, 0.6) is 0 Å². The molecule has 0 aliphatic heterocycles. The van der Waals surface area contributed by atoms with Crippen LogP contribution in [0, 0.1) is 24.2 Å². The lowest BCUT2D eigenvalue weighted by atomic mass is 9.54. The molecule has 2 aliphatic carbocycles. The lowest BCUT2D eigenvalue weighted by Gasteiger charge is -2.51. The third kappa shape index (κ3) is 2.38. The first-order chi connectivity index (χ1) is 9.91. The number of allylic oxidation sites excluding steroid dienone is 1. The van der Waals surface area contributed by atoms with Crippen molar-refractivity contribution in [2.24, 2.45) is 17.3 Å². The van der Waals surface area contributed by atoms with E-state index in [2.05, 4.69) is 6.92 Å². The van der Waals surface area contributed by atoms with Gasteiger partial charge < -0.3 is 9.52 Å². The van der Waals surface area contributed by atoms with Crippen LogP contribution in [0.4, 0.5) is 0 Å². The number of carbonyl (C=O) groups is 1. The predicted octanol–water partition coefficient (Wildman–Crippen LogP) is 3.75. The fraction of sp³-hybridized carbons (Fsp3) is 0.611. The molecule has 3 heteroatoms. The Bertz CT molecular complexity index is 583. The highest BCUT2D eigenvalue weighted by Crippen LogP contribution is 2.53. The van der Waals surface area contributed by atoms with Gasteiger partial charge in [0.05, 0.1) is 6.10 Å². The summed E-state index contributed by atoms with van der Waals surface area (Å²) in [5.41, 5.74) is 0.621. The smallest absolute Gasteiger partial charge is 0.162 e. The van der Waals surface area contributed by atoms with E-state index in [1.165, 1.54) is 0 Å². The number of aliphatic hydroxyl groups excluding tert-OH is 1. The van der Waals surface area contributed by atoms with Gasteiger partial charge in [0.15, 0.2) is 5.78 Å². The van der Waals surface area contributed by atoms with Crippen molar-refractivity contribution in [2.45, 2.75) is 52.6 Å². The van der Waals surface area contributed by atoms with E-state index in [1.807, 2.05) is 32.1 Å². The predicted molar refractivity (Wildman–Crippen MR) is 81.7 cm³/mol. The van der Waals surface area contributed by atoms with Crippen molar-refractivity contribution >= 4 is 11.9 Å². The van der Waals surface area contributed by atoms with E-state index in [0.29, 0.717) is 12.3 Å². The molecular formula is C18H24O3. The largest absolute Gasteiger partial charge is 0.462 e. The molecule has 2 fully saturated rings. The Morgan fingerprint density at radius 3 is 2.81 bits per heavy atom. The molecule has 1 aromatic heterocycles. The van der Waals surface area contributed by atoms with Crippen molar-refractivity contribution in [1.82, 2.24) is 0 Å². The second-order valence-corrected chi connectivity index (χ2v) is 7.01. The first-order valence-electron chi connectivity index (χ1n) is 7.91. The normalized spacial score (nSPS) is 38.6. The van der Waals surface area contributed by atoms with Gasteiger partial charge in [0.1, 0.15) is 11.5 Å². The van der Waals surface area contributed by atoms with Crippen LogP contribution in [-0.4, -0.2) is 17.0 Å². The minimum atomic E-state index is -0.312. The van der Waals surface area contributed by atoms with Gasteiger partial charge in [0, 0.05) is 11.3 Å². The number of aliphatic hydroxyl groups is 1. The third-order valence-corrected chi connectivity index (χ3v) is 5.58. The van der Waals surface area contributed by atoms with Crippen LogP contribution >= 0.6 is 0 Å². The maximum Gasteiger partial charge on any atom is 0.162 e. The second-order valence-electron chi connectivity index (χ2n) is 7.01. The molecule has 0 bridgehead atoms. The lowest BCUT2D eigenvalue weighted by molar-refractivity contribution is -0.133. The van der Waals surface area contributed by atoms with Gasteiger partial charge >= 0.3 is 0 Å². The van der Waals surface area contributed by atoms with Gasteiger partial charge in [0.25, 0.3) is 0 Å². The Labute approximate surface area is 126 Å². The highest BCUT2D eigenvalue weighted by molar-refractivity contribution is 6.01. The number of fused-ring (bicyclic) bond motifs is 1. The first kappa shape index (κ1) is 14.6. The summed E-state index contributed by atoms with van der Waals surface area (Å²) in [5.74, 6) is 2.08. The van der Waals surface area contributed by atoms with Gasteiger partial charge in [-0.25, -0.2) is 0 Å². The number of hydrogen-bond acceptors (Lipinski definition) is 3. The summed E-state index contributed by atoms with van der Waals surface area (Å²) in [5, 5.41) is 10.5. The second kappa shape index (κ2) is 5.13. The number of carbonyl (C=O) groups excluding carboxylic acids is 1. The van der Waals surface area contributed by atoms with Crippen molar-refractivity contribution in [2.75, 3.05) is 0 Å². The highest BCUT2D eigenvalue weighted by Gasteiger charge is 2.51. The van der Waals surface area contributed by atoms with Crippen LogP contribution in [0.25, 0.3) is 6.08 Å². The molecule has 0 spiro atoms. The lowest BCUT2D eigenvalue weighted by Crippen LogP contribution is -2.51. The van der Waals surface area contributed by atoms with E-state index in [-0.39, 0.29) is 23.2 Å². The Hall–Kier alpha value is -1.35. The molecule has 0 radical (unpaired) electrons. The van der Waals surface area contributed by atoms with Crippen LogP contribution < -0.4 is 0 Å². The number of rotatable bonds is 1. The Kier molecular flexibility index (Phi) is 3.56. The Morgan fingerprint density at radius 1 is 1.38 bits per heavy atom. The molecule has 2 unspecified atom stereocenters. The average molecular weight is 288 g/mol. The van der Waals surface area contributed by atoms with Crippen molar-refractivity contribution in [3.63, 3.8) is 0 Å². The number of aryl methyl sites for hydroxylation is 1. The van der Waals surface area contributed by atoms with Gasteiger partial charge in [-0.2, -0.15) is 0 Å². The SMILES string of the molecule is Cc1ccc(/C=C2\C[C@@]3(C)C(CCC[C@@H]3O)C(C)C2=O)o1. The number of furan rings is 1. The van der Waals surface area contributed by atoms with Gasteiger partial charge in [-0.15, -0.1) is 0 Å². The molecule has 1 N–H and O–H groups in total. The molecule has 1 heterocycles. The first-order valence-corrected chi connectivity index (χ1v) is 7.91. The molecule has 3 rings (SSSR count). The number of hydrogen-bond donors (Lipinski definition) is 1. The maximum absolute atomic E-state index is 12.6. The maximum atomic E-state index is 12.6. The summed E-state index contributed by atoms with van der Waals surface area (Å²) in [4.78, 5) is 12.6. The van der Waals surface area contributed by atoms with E-state index < -0.39 is 0 Å². The standard InChI is InChI=1S/C18H24O3/c1-11-7-8-14(21-11)9-13-10-18(3)15(12(2)17(13)20)5-4-6-16(18)19/h7-9,12,15-16,19H,4-6,10H2,1-3H3/b13-9+/t12?,15?,16-,18-/m0/s1. The summed E-state index contributed by atoms with van der Waals surface area (Å²) in [6.07, 6.45) is 5.13. The van der Waals surface area contributed by atoms with E-state index in [9.17, 15) is 9.90 Å². The van der Waals surface area contributed by atoms with Crippen LogP contribution in [-0.2, 0) is 4.79 Å². The van der Waals surface area contributed by atoms with Crippen LogP contribution in [0.3, 0.4) is 0 Å². The van der Waals surface area contributed by atoms with Gasteiger partial charge in [-0.3, -0.25) is 4.79 Å². The summed E-state index contributed by atoms with van der Waals surface area (Å²) in [6, 6.07) is 3.80. The number of ketones is 1. The fourth-order valence-corrected chi connectivity index (χ4v) is 4.31. The van der Waals surface area contributed by atoms with E-state index in [1.54, 1.807) is 0 Å². The van der Waals surface area contributed by atoms with Gasteiger partial charge in [-0.1, -0.05) is 20.3 Å². The molecule has 2 saturated carbocycles. The Morgan fingerprint density at radius 2 is 2.14 bits per heavy atom. The summed E-state index contributed by atoms with van der Waals surface area (Å²) in [7, 11) is 0. The molecule has 0 saturated heterocycles. The van der Waals surface area contributed by atoms with Crippen LogP contribution in [0.2, 0.25) is 0 Å². The van der Waals surface area contributed by atoms with Crippen LogP contribution in [0.1, 0.15) is 51.1 Å². The van der Waals surface area contributed by atoms with Crippen molar-refractivity contribution in [3.05, 3.63) is 29.2 Å². The molecule has 0 amide bonds. The molecule has 3 nitrogen and oxygen atoms in total. The molecule has 21 heavy (non-hydrogen) atoms. The zero-order valence-corrected chi connectivity index (χ0v) is 13.1. The number of Topliss-reactive ketones (excluding diaryl/α,β-unsaturated/α-hetero) is 1.